The molecule has 0 bridgehead atoms. The van der Waals surface area contributed by atoms with Crippen LogP contribution in [0.3, 0.4) is 0 Å². The highest BCUT2D eigenvalue weighted by atomic mass is 35.5. The number of thiazole rings is 3. The van der Waals surface area contributed by atoms with Crippen LogP contribution in [0.25, 0.3) is 0 Å². The molecule has 0 saturated heterocycles. The molecule has 1 atom stereocenters. The molecule has 0 saturated carbocycles. The number of nitrogens with zero attached hydrogens (tertiary/aromatic N) is 3. The van der Waals surface area contributed by atoms with Gasteiger partial charge in [0.1, 0.15) is 13.0 Å². The van der Waals surface area contributed by atoms with E-state index in [1.54, 1.807) is 0 Å². The first kappa shape index (κ1) is 41.8. The van der Waals surface area contributed by atoms with E-state index in [9.17, 15) is 52.1 Å². The highest BCUT2D eigenvalue weighted by Gasteiger charge is 2.20. The van der Waals surface area contributed by atoms with Crippen molar-refractivity contribution >= 4 is 101 Å². The predicted octanol–water partition coefficient (Wildman–Crippen LogP) is 10.8. The van der Waals surface area contributed by atoms with Crippen LogP contribution < -0.4 is 0 Å². The van der Waals surface area contributed by atoms with Gasteiger partial charge in [-0.15, -0.1) is 0 Å². The van der Waals surface area contributed by atoms with Crippen LogP contribution in [-0.2, 0) is 20.6 Å². The molecular formula is C21H15Cl3F9N3O3S6. The summed E-state index contributed by atoms with van der Waals surface area (Å²) in [4.78, 5) is 11.1. The molecule has 6 nitrogen and oxygen atoms in total. The molecule has 3 aromatic rings. The summed E-state index contributed by atoms with van der Waals surface area (Å²) < 4.78 is 143. The van der Waals surface area contributed by atoms with Crippen LogP contribution in [0.1, 0.15) is 19.3 Å². The quantitative estimate of drug-likeness (QED) is 0.133. The molecule has 0 amide bonds. The molecule has 0 radical (unpaired) electrons. The Morgan fingerprint density at radius 1 is 0.711 bits per heavy atom. The molecule has 45 heavy (non-hydrogen) atoms. The van der Waals surface area contributed by atoms with Gasteiger partial charge in [-0.1, -0.05) is 80.6 Å². The number of aromatic nitrogens is 3. The number of thioether (sulfide) groups is 1. The van der Waals surface area contributed by atoms with Gasteiger partial charge in [-0.25, -0.2) is 36.5 Å². The minimum atomic E-state index is -3.85. The Labute approximate surface area is 283 Å². The third-order valence-electron chi connectivity index (χ3n) is 4.09. The van der Waals surface area contributed by atoms with Crippen molar-refractivity contribution in [1.29, 1.82) is 0 Å². The molecule has 0 aliphatic rings. The lowest BCUT2D eigenvalue weighted by molar-refractivity contribution is 0.372. The van der Waals surface area contributed by atoms with Crippen molar-refractivity contribution in [2.45, 2.75) is 32.3 Å². The van der Waals surface area contributed by atoms with Crippen LogP contribution in [0, 0.1) is 0 Å². The number of halogens is 12. The van der Waals surface area contributed by atoms with Crippen molar-refractivity contribution in [3.05, 3.63) is 67.3 Å². The number of allylic oxidation sites excluding steroid dienone is 3. The van der Waals surface area contributed by atoms with Gasteiger partial charge in [-0.3, -0.25) is 4.21 Å². The van der Waals surface area contributed by atoms with Crippen molar-refractivity contribution in [1.82, 2.24) is 15.0 Å². The molecule has 3 heterocycles. The molecule has 0 spiro atoms. The summed E-state index contributed by atoms with van der Waals surface area (Å²) in [6.07, 6.45) is -4.95. The molecule has 0 N–H and O–H groups in total. The van der Waals surface area contributed by atoms with Gasteiger partial charge in [0.15, 0.2) is 26.2 Å². The van der Waals surface area contributed by atoms with Gasteiger partial charge >= 0.3 is 18.2 Å². The summed E-state index contributed by atoms with van der Waals surface area (Å²) in [6, 6.07) is 0. The van der Waals surface area contributed by atoms with Gasteiger partial charge in [-0.05, 0) is 0 Å². The molecule has 0 aromatic carbocycles. The van der Waals surface area contributed by atoms with E-state index in [2.05, 4.69) is 15.0 Å². The summed E-state index contributed by atoms with van der Waals surface area (Å²) in [5.74, 6) is -5.39. The maximum absolute atomic E-state index is 12.4. The minimum Gasteiger partial charge on any atom is -0.252 e. The Kier molecular flexibility index (Phi) is 19.4. The standard InChI is InChI=1S/C7H5ClF3NO2S2.C7H5ClF3NOS2.C7H5ClF3NS2/c8-5-3-12-7(15-5)16(13,14)2-1-4(9)6(10)11;8-5-3-12-7(14-5)15(13)2-1-4(9)6(10)11;8-5-3-12-7(14-5)13-2-1-4(9)6(10)11/h3H,1-2H2;3H,1-2H2;3H,1-2H2. The van der Waals surface area contributed by atoms with E-state index in [-0.39, 0.29) is 30.9 Å². The Hall–Kier alpha value is -1.20. The molecular weight excluding hydrogens is 812 g/mol. The van der Waals surface area contributed by atoms with Crippen molar-refractivity contribution in [2.24, 2.45) is 0 Å². The minimum absolute atomic E-state index is 0.159. The van der Waals surface area contributed by atoms with E-state index in [1.807, 2.05) is 0 Å². The third kappa shape index (κ3) is 17.0. The summed E-state index contributed by atoms with van der Waals surface area (Å²) in [5.41, 5.74) is 0. The van der Waals surface area contributed by atoms with E-state index >= 15 is 0 Å². The zero-order chi connectivity index (χ0) is 34.3. The zero-order valence-corrected chi connectivity index (χ0v) is 28.7. The smallest absolute Gasteiger partial charge is 0.252 e. The summed E-state index contributed by atoms with van der Waals surface area (Å²) in [6.45, 7) is 0. The Balaban J connectivity index is 0.000000338. The van der Waals surface area contributed by atoms with Gasteiger partial charge in [0.25, 0.3) is 0 Å². The number of hydrogen-bond donors (Lipinski definition) is 0. The van der Waals surface area contributed by atoms with Crippen molar-refractivity contribution in [2.75, 3.05) is 17.3 Å². The second-order valence-electron chi connectivity index (χ2n) is 7.25. The van der Waals surface area contributed by atoms with Crippen molar-refractivity contribution in [3.8, 4) is 0 Å². The Morgan fingerprint density at radius 2 is 1.20 bits per heavy atom. The monoisotopic (exact) mass is 825 g/mol. The average Bonchev–Trinajstić information content (AvgIpc) is 3.72. The fourth-order valence-corrected chi connectivity index (χ4v) is 9.28. The first-order chi connectivity index (χ1) is 20.9. The van der Waals surface area contributed by atoms with Crippen LogP contribution in [0.15, 0.2) is 67.3 Å². The Morgan fingerprint density at radius 3 is 1.67 bits per heavy atom. The lowest BCUT2D eigenvalue weighted by Crippen LogP contribution is -2.06. The first-order valence-electron chi connectivity index (χ1n) is 11.1. The van der Waals surface area contributed by atoms with Gasteiger partial charge in [0, 0.05) is 30.8 Å². The third-order valence-corrected chi connectivity index (χ3v) is 12.5. The van der Waals surface area contributed by atoms with Crippen molar-refractivity contribution < 1.29 is 52.1 Å². The maximum Gasteiger partial charge on any atom is 0.301 e. The molecule has 24 heteroatoms. The highest BCUT2D eigenvalue weighted by Crippen LogP contribution is 2.29. The fraction of sp³-hybridized carbons (Fsp3) is 0.286. The average molecular weight is 827 g/mol. The van der Waals surface area contributed by atoms with E-state index in [0.717, 1.165) is 17.5 Å². The molecule has 3 aromatic heterocycles. The topological polar surface area (TPSA) is 89.9 Å². The molecule has 0 aliphatic heterocycles. The summed E-state index contributed by atoms with van der Waals surface area (Å²) in [7, 11) is -5.44. The maximum atomic E-state index is 12.4. The zero-order valence-electron chi connectivity index (χ0n) is 21.5. The van der Waals surface area contributed by atoms with Gasteiger partial charge in [-0.2, -0.15) is 26.3 Å². The van der Waals surface area contributed by atoms with Gasteiger partial charge in [0.05, 0.1) is 35.1 Å². The SMILES string of the molecule is FC(F)=C(F)CCSc1ncc(Cl)s1.O=S(=O)(CCC(F)=C(F)F)c1ncc(Cl)s1.O=S(CCC(F)=C(F)F)c1ncc(Cl)s1. The summed E-state index contributed by atoms with van der Waals surface area (Å²) in [5, 5.41) is 0. The molecule has 252 valence electrons. The normalized spacial score (nSPS) is 11.5. The molecule has 1 unspecified atom stereocenters. The van der Waals surface area contributed by atoms with Crippen LogP contribution in [0.4, 0.5) is 39.5 Å². The lowest BCUT2D eigenvalue weighted by atomic mass is 10.4. The van der Waals surface area contributed by atoms with E-state index < -0.39 is 75.0 Å². The van der Waals surface area contributed by atoms with E-state index in [1.165, 1.54) is 35.5 Å². The van der Waals surface area contributed by atoms with E-state index in [4.69, 9.17) is 34.8 Å². The van der Waals surface area contributed by atoms with Crippen LogP contribution in [0.2, 0.25) is 13.0 Å². The van der Waals surface area contributed by atoms with Crippen molar-refractivity contribution in [3.63, 3.8) is 0 Å². The van der Waals surface area contributed by atoms with Crippen LogP contribution in [-0.4, -0.2) is 44.8 Å². The second kappa shape index (κ2) is 20.9. The second-order valence-corrected chi connectivity index (χ2v) is 17.6. The highest BCUT2D eigenvalue weighted by molar-refractivity contribution is 8.01. The van der Waals surface area contributed by atoms with Gasteiger partial charge in [0.2, 0.25) is 14.2 Å². The Bertz CT molecular complexity index is 1620. The number of hydrogen-bond acceptors (Lipinski definition) is 10. The largest absolute Gasteiger partial charge is 0.301 e. The summed E-state index contributed by atoms with van der Waals surface area (Å²) >= 11 is 20.7. The van der Waals surface area contributed by atoms with E-state index in [0.29, 0.717) is 24.3 Å². The molecule has 0 aliphatic carbocycles. The molecule has 3 rings (SSSR count). The van der Waals surface area contributed by atoms with Crippen LogP contribution >= 0.6 is 80.6 Å². The lowest BCUT2D eigenvalue weighted by Gasteiger charge is -1.98. The number of rotatable bonds is 12. The fourth-order valence-electron chi connectivity index (χ4n) is 2.13. The number of sulfone groups is 1. The first-order valence-corrected chi connectivity index (χ1v) is 18.6. The molecule has 0 fully saturated rings. The van der Waals surface area contributed by atoms with Gasteiger partial charge < -0.3 is 0 Å². The predicted molar refractivity (Wildman–Crippen MR) is 160 cm³/mol. The van der Waals surface area contributed by atoms with Crippen LogP contribution in [0.5, 0.6) is 0 Å².